The van der Waals surface area contributed by atoms with Crippen LogP contribution < -0.4 is 22.1 Å². The van der Waals surface area contributed by atoms with Crippen LogP contribution in [0.25, 0.3) is 0 Å². The van der Waals surface area contributed by atoms with Gasteiger partial charge in [-0.25, -0.2) is 4.79 Å². The third-order valence-electron chi connectivity index (χ3n) is 2.25. The molecule has 0 unspecified atom stereocenters. The van der Waals surface area contributed by atoms with Gasteiger partial charge in [0.05, 0.1) is 10.6 Å². The SMILES string of the molecule is CCCCC(=O)Nc1cc(C(N)=O)c(NC(N)=O)s1. The summed E-state index contributed by atoms with van der Waals surface area (Å²) in [7, 11) is 0. The van der Waals surface area contributed by atoms with Gasteiger partial charge in [-0.2, -0.15) is 0 Å². The minimum atomic E-state index is -0.798. The summed E-state index contributed by atoms with van der Waals surface area (Å²) in [6.07, 6.45) is 2.10. The van der Waals surface area contributed by atoms with Crippen molar-refractivity contribution in [3.05, 3.63) is 11.6 Å². The van der Waals surface area contributed by atoms with Crippen molar-refractivity contribution in [2.75, 3.05) is 10.6 Å². The van der Waals surface area contributed by atoms with E-state index in [0.717, 1.165) is 24.2 Å². The van der Waals surface area contributed by atoms with E-state index in [4.69, 9.17) is 11.5 Å². The second-order valence-corrected chi connectivity index (χ2v) is 4.91. The van der Waals surface area contributed by atoms with Crippen LogP contribution >= 0.6 is 11.3 Å². The first-order chi connectivity index (χ1) is 8.93. The number of amides is 4. The number of unbranched alkanes of at least 4 members (excludes halogenated alkanes) is 1. The predicted molar refractivity (Wildman–Crippen MR) is 74.2 cm³/mol. The fourth-order valence-electron chi connectivity index (χ4n) is 1.38. The first kappa shape index (κ1) is 15.0. The maximum atomic E-state index is 11.6. The molecule has 7 nitrogen and oxygen atoms in total. The fourth-order valence-corrected chi connectivity index (χ4v) is 2.36. The van der Waals surface area contributed by atoms with Crippen molar-refractivity contribution < 1.29 is 14.4 Å². The Labute approximate surface area is 114 Å². The number of carbonyl (C=O) groups excluding carboxylic acids is 3. The molecular formula is C11H16N4O3S. The highest BCUT2D eigenvalue weighted by atomic mass is 32.1. The molecule has 1 heterocycles. The number of nitrogens with one attached hydrogen (secondary N) is 2. The number of primary amides is 2. The van der Waals surface area contributed by atoms with Crippen molar-refractivity contribution in [1.29, 1.82) is 0 Å². The van der Waals surface area contributed by atoms with E-state index in [1.54, 1.807) is 0 Å². The zero-order valence-electron chi connectivity index (χ0n) is 10.5. The number of nitrogens with two attached hydrogens (primary N) is 2. The lowest BCUT2D eigenvalue weighted by Gasteiger charge is -2.00. The molecule has 19 heavy (non-hydrogen) atoms. The minimum Gasteiger partial charge on any atom is -0.366 e. The Bertz CT molecular complexity index is 498. The summed E-state index contributed by atoms with van der Waals surface area (Å²) in [6, 6.07) is 0.621. The summed E-state index contributed by atoms with van der Waals surface area (Å²) in [5.41, 5.74) is 10.3. The molecule has 6 N–H and O–H groups in total. The van der Waals surface area contributed by atoms with Gasteiger partial charge in [0.2, 0.25) is 5.91 Å². The van der Waals surface area contributed by atoms with Gasteiger partial charge in [-0.15, -0.1) is 0 Å². The Hall–Kier alpha value is -2.09. The maximum Gasteiger partial charge on any atom is 0.317 e. The van der Waals surface area contributed by atoms with Gasteiger partial charge in [-0.05, 0) is 12.5 Å². The lowest BCUT2D eigenvalue weighted by Crippen LogP contribution is -2.21. The third-order valence-corrected chi connectivity index (χ3v) is 3.22. The Kier molecular flexibility index (Phi) is 5.31. The number of anilines is 2. The quantitative estimate of drug-likeness (QED) is 0.631. The highest BCUT2D eigenvalue weighted by Gasteiger charge is 2.16. The zero-order valence-corrected chi connectivity index (χ0v) is 11.3. The summed E-state index contributed by atoms with van der Waals surface area (Å²) < 4.78 is 0. The van der Waals surface area contributed by atoms with E-state index >= 15 is 0 Å². The molecule has 0 aliphatic carbocycles. The minimum absolute atomic E-state index is 0.120. The number of rotatable bonds is 6. The predicted octanol–water partition coefficient (Wildman–Crippen LogP) is 1.47. The van der Waals surface area contributed by atoms with Gasteiger partial charge in [0.15, 0.2) is 0 Å². The number of hydrogen-bond acceptors (Lipinski definition) is 4. The summed E-state index contributed by atoms with van der Waals surface area (Å²) in [5, 5.41) is 5.61. The van der Waals surface area contributed by atoms with E-state index in [1.165, 1.54) is 6.07 Å². The van der Waals surface area contributed by atoms with Crippen molar-refractivity contribution in [2.24, 2.45) is 11.5 Å². The molecular weight excluding hydrogens is 268 g/mol. The van der Waals surface area contributed by atoms with Crippen molar-refractivity contribution in [3.63, 3.8) is 0 Å². The largest absolute Gasteiger partial charge is 0.366 e. The number of hydrogen-bond donors (Lipinski definition) is 4. The van der Waals surface area contributed by atoms with Crippen LogP contribution in [-0.2, 0) is 4.79 Å². The molecule has 4 amide bonds. The van der Waals surface area contributed by atoms with Gasteiger partial charge >= 0.3 is 6.03 Å². The summed E-state index contributed by atoms with van der Waals surface area (Å²) in [5.74, 6) is -0.848. The molecule has 1 aromatic heterocycles. The molecule has 104 valence electrons. The molecule has 0 bridgehead atoms. The molecule has 0 aliphatic rings. The second-order valence-electron chi connectivity index (χ2n) is 3.86. The van der Waals surface area contributed by atoms with Crippen LogP contribution in [-0.4, -0.2) is 17.8 Å². The summed E-state index contributed by atoms with van der Waals surface area (Å²) >= 11 is 1.03. The zero-order chi connectivity index (χ0) is 14.4. The third kappa shape index (κ3) is 4.59. The van der Waals surface area contributed by atoms with E-state index in [9.17, 15) is 14.4 Å². The van der Waals surface area contributed by atoms with E-state index in [2.05, 4.69) is 10.6 Å². The molecule has 0 aliphatic heterocycles. The molecule has 1 aromatic rings. The average molecular weight is 284 g/mol. The number of thiophene rings is 1. The standard InChI is InChI=1S/C11H16N4O3S/c1-2-3-4-7(16)14-8-5-6(9(12)17)10(19-8)15-11(13)18/h5H,2-4H2,1H3,(H2,12,17)(H,14,16)(H3,13,15,18). The van der Waals surface area contributed by atoms with Crippen LogP contribution in [0, 0.1) is 0 Å². The summed E-state index contributed by atoms with van der Waals surface area (Å²) in [6.45, 7) is 1.98. The number of urea groups is 1. The molecule has 0 saturated heterocycles. The smallest absolute Gasteiger partial charge is 0.317 e. The normalized spacial score (nSPS) is 9.95. The Balaban J connectivity index is 2.82. The second kappa shape index (κ2) is 6.74. The monoisotopic (exact) mass is 284 g/mol. The van der Waals surface area contributed by atoms with Gasteiger partial charge in [-0.3, -0.25) is 14.9 Å². The first-order valence-electron chi connectivity index (χ1n) is 5.74. The topological polar surface area (TPSA) is 127 Å². The maximum absolute atomic E-state index is 11.6. The summed E-state index contributed by atoms with van der Waals surface area (Å²) in [4.78, 5) is 33.5. The molecule has 0 spiro atoms. The van der Waals surface area contributed by atoms with Gasteiger partial charge in [0, 0.05) is 6.42 Å². The van der Waals surface area contributed by atoms with E-state index < -0.39 is 11.9 Å². The fraction of sp³-hybridized carbons (Fsp3) is 0.364. The van der Waals surface area contributed by atoms with Gasteiger partial charge in [0.1, 0.15) is 5.00 Å². The first-order valence-corrected chi connectivity index (χ1v) is 6.55. The Morgan fingerprint density at radius 1 is 1.26 bits per heavy atom. The highest BCUT2D eigenvalue weighted by Crippen LogP contribution is 2.32. The molecule has 0 saturated carbocycles. The molecule has 1 rings (SSSR count). The van der Waals surface area contributed by atoms with Crippen molar-refractivity contribution in [1.82, 2.24) is 0 Å². The lowest BCUT2D eigenvalue weighted by molar-refractivity contribution is -0.116. The van der Waals surface area contributed by atoms with E-state index in [0.29, 0.717) is 11.4 Å². The van der Waals surface area contributed by atoms with E-state index in [1.807, 2.05) is 6.92 Å². The van der Waals surface area contributed by atoms with Gasteiger partial charge < -0.3 is 16.8 Å². The molecule has 8 heteroatoms. The average Bonchev–Trinajstić information content (AvgIpc) is 2.68. The highest BCUT2D eigenvalue weighted by molar-refractivity contribution is 7.20. The van der Waals surface area contributed by atoms with Crippen LogP contribution in [0.1, 0.15) is 36.5 Å². The van der Waals surface area contributed by atoms with Gasteiger partial charge in [-0.1, -0.05) is 24.7 Å². The van der Waals surface area contributed by atoms with Crippen LogP contribution in [0.5, 0.6) is 0 Å². The molecule has 0 atom stereocenters. The van der Waals surface area contributed by atoms with E-state index in [-0.39, 0.29) is 16.5 Å². The molecule has 0 radical (unpaired) electrons. The Morgan fingerprint density at radius 3 is 2.47 bits per heavy atom. The van der Waals surface area contributed by atoms with Crippen LogP contribution in [0.15, 0.2) is 6.07 Å². The van der Waals surface area contributed by atoms with Crippen molar-refractivity contribution in [3.8, 4) is 0 Å². The van der Waals surface area contributed by atoms with Crippen LogP contribution in [0.2, 0.25) is 0 Å². The van der Waals surface area contributed by atoms with Crippen LogP contribution in [0.4, 0.5) is 14.8 Å². The lowest BCUT2D eigenvalue weighted by atomic mass is 10.2. The molecule has 0 fully saturated rings. The van der Waals surface area contributed by atoms with Crippen LogP contribution in [0.3, 0.4) is 0 Å². The number of carbonyl (C=O) groups is 3. The van der Waals surface area contributed by atoms with Crippen molar-refractivity contribution >= 4 is 39.2 Å². The van der Waals surface area contributed by atoms with Gasteiger partial charge in [0.25, 0.3) is 5.91 Å². The van der Waals surface area contributed by atoms with Crippen molar-refractivity contribution in [2.45, 2.75) is 26.2 Å². The molecule has 0 aromatic carbocycles. The Morgan fingerprint density at radius 2 is 1.95 bits per heavy atom.